The molecule has 0 aliphatic heterocycles. The van der Waals surface area contributed by atoms with Crippen molar-refractivity contribution in [2.24, 2.45) is 0 Å². The van der Waals surface area contributed by atoms with Crippen molar-refractivity contribution in [2.75, 3.05) is 12.4 Å². The molecule has 2 aromatic heterocycles. The van der Waals surface area contributed by atoms with Gasteiger partial charge in [-0.15, -0.1) is 11.3 Å². The Balaban J connectivity index is 1.44. The number of nitrogens with one attached hydrogen (secondary N) is 1. The molecule has 4 aromatic rings. The van der Waals surface area contributed by atoms with E-state index in [0.29, 0.717) is 16.0 Å². The Hall–Kier alpha value is -4.05. The largest absolute Gasteiger partial charge is 0.496 e. The SMILES string of the molecule is COc1ccc(NC(=O)Cn2cnc3scc(-c4ccc5c(c4)CCCC5)c3c2=O)c([N+](=O)[O-])c1. The molecule has 0 radical (unpaired) electrons. The zero-order valence-corrected chi connectivity index (χ0v) is 19.8. The molecule has 0 atom stereocenters. The van der Waals surface area contributed by atoms with E-state index in [4.69, 9.17) is 4.74 Å². The van der Waals surface area contributed by atoms with Crippen LogP contribution in [-0.4, -0.2) is 27.5 Å². The maximum atomic E-state index is 13.3. The Kier molecular flexibility index (Phi) is 6.04. The summed E-state index contributed by atoms with van der Waals surface area (Å²) in [6, 6.07) is 10.5. The number of nitro groups is 1. The van der Waals surface area contributed by atoms with Crippen LogP contribution in [-0.2, 0) is 24.2 Å². The molecule has 1 aliphatic carbocycles. The molecule has 0 bridgehead atoms. The van der Waals surface area contributed by atoms with E-state index in [9.17, 15) is 19.7 Å². The maximum absolute atomic E-state index is 13.3. The lowest BCUT2D eigenvalue weighted by atomic mass is 9.89. The summed E-state index contributed by atoms with van der Waals surface area (Å²) in [4.78, 5) is 41.8. The van der Waals surface area contributed by atoms with Crippen LogP contribution in [0.1, 0.15) is 24.0 Å². The topological polar surface area (TPSA) is 116 Å². The van der Waals surface area contributed by atoms with E-state index in [-0.39, 0.29) is 23.5 Å². The number of nitro benzene ring substituents is 1. The first-order valence-electron chi connectivity index (χ1n) is 11.2. The van der Waals surface area contributed by atoms with Crippen LogP contribution in [0, 0.1) is 10.1 Å². The van der Waals surface area contributed by atoms with Crippen molar-refractivity contribution in [3.63, 3.8) is 0 Å². The molecule has 1 N–H and O–H groups in total. The van der Waals surface area contributed by atoms with E-state index in [0.717, 1.165) is 30.4 Å². The van der Waals surface area contributed by atoms with Crippen molar-refractivity contribution in [1.82, 2.24) is 9.55 Å². The van der Waals surface area contributed by atoms with Gasteiger partial charge in [0.1, 0.15) is 22.8 Å². The molecule has 1 amide bonds. The molecule has 35 heavy (non-hydrogen) atoms. The molecule has 0 saturated heterocycles. The number of ether oxygens (including phenoxy) is 1. The fraction of sp³-hybridized carbons (Fsp3) is 0.240. The third kappa shape index (κ3) is 4.40. The van der Waals surface area contributed by atoms with Gasteiger partial charge < -0.3 is 10.1 Å². The fourth-order valence-corrected chi connectivity index (χ4v) is 5.34. The summed E-state index contributed by atoms with van der Waals surface area (Å²) in [5.74, 6) is -0.278. The molecule has 10 heteroatoms. The average molecular weight is 491 g/mol. The zero-order chi connectivity index (χ0) is 24.5. The quantitative estimate of drug-likeness (QED) is 0.313. The zero-order valence-electron chi connectivity index (χ0n) is 18.9. The van der Waals surface area contributed by atoms with Crippen LogP contribution in [0.25, 0.3) is 21.3 Å². The van der Waals surface area contributed by atoms with Crippen LogP contribution in [0.4, 0.5) is 11.4 Å². The first-order valence-corrected chi connectivity index (χ1v) is 12.0. The minimum absolute atomic E-state index is 0.0215. The molecular weight excluding hydrogens is 468 g/mol. The van der Waals surface area contributed by atoms with Crippen LogP contribution >= 0.6 is 11.3 Å². The third-order valence-corrected chi connectivity index (χ3v) is 7.10. The fourth-order valence-electron chi connectivity index (χ4n) is 4.43. The van der Waals surface area contributed by atoms with Gasteiger partial charge in [-0.2, -0.15) is 0 Å². The molecule has 1 aliphatic rings. The van der Waals surface area contributed by atoms with Gasteiger partial charge in [0.25, 0.3) is 11.2 Å². The number of carbonyl (C=O) groups excluding carboxylic acids is 1. The van der Waals surface area contributed by atoms with Gasteiger partial charge in [0.05, 0.1) is 29.8 Å². The van der Waals surface area contributed by atoms with E-state index in [2.05, 4.69) is 22.4 Å². The Morgan fingerprint density at radius 2 is 2.00 bits per heavy atom. The molecule has 0 spiro atoms. The van der Waals surface area contributed by atoms with Gasteiger partial charge in [-0.1, -0.05) is 18.2 Å². The van der Waals surface area contributed by atoms with Crippen molar-refractivity contribution in [1.29, 1.82) is 0 Å². The highest BCUT2D eigenvalue weighted by Crippen LogP contribution is 2.33. The molecular formula is C25H22N4O5S. The second-order valence-corrected chi connectivity index (χ2v) is 9.24. The number of nitrogens with zero attached hydrogens (tertiary/aromatic N) is 3. The highest BCUT2D eigenvalue weighted by Gasteiger charge is 2.20. The minimum Gasteiger partial charge on any atom is -0.496 e. The Labute approximate surface area is 204 Å². The summed E-state index contributed by atoms with van der Waals surface area (Å²) < 4.78 is 6.24. The second-order valence-electron chi connectivity index (χ2n) is 8.39. The van der Waals surface area contributed by atoms with Gasteiger partial charge in [0, 0.05) is 10.9 Å². The number of hydrogen-bond acceptors (Lipinski definition) is 7. The molecule has 2 aromatic carbocycles. The van der Waals surface area contributed by atoms with Gasteiger partial charge >= 0.3 is 0 Å². The van der Waals surface area contributed by atoms with E-state index < -0.39 is 10.8 Å². The summed E-state index contributed by atoms with van der Waals surface area (Å²) in [7, 11) is 1.40. The van der Waals surface area contributed by atoms with Crippen molar-refractivity contribution >= 4 is 38.8 Å². The van der Waals surface area contributed by atoms with Crippen LogP contribution in [0.2, 0.25) is 0 Å². The maximum Gasteiger partial charge on any atom is 0.296 e. The predicted octanol–water partition coefficient (Wildman–Crippen LogP) is 4.56. The summed E-state index contributed by atoms with van der Waals surface area (Å²) in [6.45, 7) is -0.329. The monoisotopic (exact) mass is 490 g/mol. The van der Waals surface area contributed by atoms with Gasteiger partial charge in [-0.25, -0.2) is 4.98 Å². The average Bonchev–Trinajstić information content (AvgIpc) is 3.30. The highest BCUT2D eigenvalue weighted by atomic mass is 32.1. The first-order chi connectivity index (χ1) is 16.9. The number of amides is 1. The molecule has 9 nitrogen and oxygen atoms in total. The van der Waals surface area contributed by atoms with E-state index in [1.807, 2.05) is 11.4 Å². The van der Waals surface area contributed by atoms with Crippen molar-refractivity contribution < 1.29 is 14.5 Å². The number of hydrogen-bond donors (Lipinski definition) is 1. The summed E-state index contributed by atoms with van der Waals surface area (Å²) in [6.07, 6.45) is 5.81. The van der Waals surface area contributed by atoms with Gasteiger partial charge in [0.2, 0.25) is 5.91 Å². The summed E-state index contributed by atoms with van der Waals surface area (Å²) in [5, 5.41) is 16.3. The van der Waals surface area contributed by atoms with Crippen LogP contribution in [0.5, 0.6) is 5.75 Å². The molecule has 0 unspecified atom stereocenters. The van der Waals surface area contributed by atoms with Crippen LogP contribution < -0.4 is 15.6 Å². The second kappa shape index (κ2) is 9.30. The standard InChI is InChI=1S/C25H22N4O5S/c1-34-18-8-9-20(21(11-18)29(32)33)27-22(30)12-28-14-26-24-23(25(28)31)19(13-35-24)17-7-6-15-4-2-3-5-16(15)10-17/h6-11,13-14H,2-5,12H2,1H3,(H,27,30). The van der Waals surface area contributed by atoms with Crippen molar-refractivity contribution in [3.05, 3.63) is 79.7 Å². The molecule has 178 valence electrons. The number of aromatic nitrogens is 2. The smallest absolute Gasteiger partial charge is 0.296 e. The number of anilines is 1. The highest BCUT2D eigenvalue weighted by molar-refractivity contribution is 7.17. The predicted molar refractivity (Wildman–Crippen MR) is 134 cm³/mol. The number of fused-ring (bicyclic) bond motifs is 2. The molecule has 5 rings (SSSR count). The Morgan fingerprint density at radius 3 is 2.77 bits per heavy atom. The number of carbonyl (C=O) groups is 1. The Morgan fingerprint density at radius 1 is 1.20 bits per heavy atom. The summed E-state index contributed by atoms with van der Waals surface area (Å²) >= 11 is 1.39. The number of thiophene rings is 1. The molecule has 2 heterocycles. The number of aryl methyl sites for hydroxylation is 2. The van der Waals surface area contributed by atoms with Crippen molar-refractivity contribution in [2.45, 2.75) is 32.2 Å². The lowest BCUT2D eigenvalue weighted by Gasteiger charge is -2.16. The number of benzene rings is 2. The van der Waals surface area contributed by atoms with E-state index in [1.165, 1.54) is 65.1 Å². The molecule has 0 saturated carbocycles. The van der Waals surface area contributed by atoms with E-state index in [1.54, 1.807) is 0 Å². The Bertz CT molecular complexity index is 1520. The van der Waals surface area contributed by atoms with E-state index >= 15 is 0 Å². The van der Waals surface area contributed by atoms with Crippen LogP contribution in [0.15, 0.2) is 52.9 Å². The minimum atomic E-state index is -0.603. The number of methoxy groups -OCH3 is 1. The van der Waals surface area contributed by atoms with Gasteiger partial charge in [0.15, 0.2) is 0 Å². The lowest BCUT2D eigenvalue weighted by Crippen LogP contribution is -2.28. The van der Waals surface area contributed by atoms with Gasteiger partial charge in [-0.05, 0) is 54.5 Å². The first kappa shape index (κ1) is 22.7. The number of rotatable bonds is 6. The van der Waals surface area contributed by atoms with Crippen molar-refractivity contribution in [3.8, 4) is 16.9 Å². The van der Waals surface area contributed by atoms with Gasteiger partial charge in [-0.3, -0.25) is 24.3 Å². The normalized spacial score (nSPS) is 12.8. The summed E-state index contributed by atoms with van der Waals surface area (Å²) in [5.41, 5.74) is 3.84. The molecule has 0 fully saturated rings. The lowest BCUT2D eigenvalue weighted by molar-refractivity contribution is -0.384. The van der Waals surface area contributed by atoms with Crippen LogP contribution in [0.3, 0.4) is 0 Å². The third-order valence-electron chi connectivity index (χ3n) is 6.21.